The van der Waals surface area contributed by atoms with Crippen LogP contribution in [-0.4, -0.2) is 6.54 Å². The Morgan fingerprint density at radius 1 is 1.12 bits per heavy atom. The predicted molar refractivity (Wildman–Crippen MR) is 71.9 cm³/mol. The van der Waals surface area contributed by atoms with Crippen LogP contribution in [0.15, 0.2) is 6.07 Å². The van der Waals surface area contributed by atoms with Crippen molar-refractivity contribution in [2.75, 3.05) is 6.54 Å². The van der Waals surface area contributed by atoms with E-state index >= 15 is 0 Å². The number of aryl methyl sites for hydroxylation is 2. The van der Waals surface area contributed by atoms with Crippen LogP contribution in [0.5, 0.6) is 0 Å². The second-order valence-electron chi connectivity index (χ2n) is 4.68. The van der Waals surface area contributed by atoms with Crippen LogP contribution in [0.2, 0.25) is 0 Å². The number of rotatable bonds is 5. The molecule has 1 aromatic rings. The molecule has 0 fully saturated rings. The van der Waals surface area contributed by atoms with E-state index in [1.807, 2.05) is 0 Å². The molecule has 17 heavy (non-hydrogen) atoms. The average molecular weight is 230 g/mol. The number of hydrogen-bond donors (Lipinski definition) is 1. The summed E-state index contributed by atoms with van der Waals surface area (Å²) in [5.74, 6) is 0. The minimum atomic E-state index is 0.637. The van der Waals surface area contributed by atoms with Crippen molar-refractivity contribution in [2.45, 2.75) is 47.1 Å². The van der Waals surface area contributed by atoms with Gasteiger partial charge in [-0.1, -0.05) is 6.07 Å². The van der Waals surface area contributed by atoms with Crippen LogP contribution in [0, 0.1) is 39.0 Å². The molecule has 2 heteroatoms. The molecule has 1 N–H and O–H groups in total. The molecule has 0 atom stereocenters. The minimum absolute atomic E-state index is 0.637. The molecule has 0 bridgehead atoms. The second kappa shape index (κ2) is 6.42. The lowest BCUT2D eigenvalue weighted by atomic mass is 9.94. The maximum atomic E-state index is 8.47. The summed E-state index contributed by atoms with van der Waals surface area (Å²) in [6.45, 7) is 10.5. The van der Waals surface area contributed by atoms with E-state index < -0.39 is 0 Å². The highest BCUT2D eigenvalue weighted by atomic mass is 14.8. The third kappa shape index (κ3) is 3.57. The molecule has 0 aromatic heterocycles. The summed E-state index contributed by atoms with van der Waals surface area (Å²) in [6, 6.07) is 4.42. The molecule has 0 aliphatic carbocycles. The number of nitrogens with one attached hydrogen (secondary N) is 1. The quantitative estimate of drug-likeness (QED) is 0.788. The van der Waals surface area contributed by atoms with E-state index in [1.54, 1.807) is 0 Å². The van der Waals surface area contributed by atoms with Gasteiger partial charge in [0.15, 0.2) is 0 Å². The molecule has 0 heterocycles. The molecule has 0 aliphatic heterocycles. The van der Waals surface area contributed by atoms with Gasteiger partial charge >= 0.3 is 0 Å². The fraction of sp³-hybridized carbons (Fsp3) is 0.533. The lowest BCUT2D eigenvalue weighted by Gasteiger charge is -2.15. The Labute approximate surface area is 105 Å². The molecule has 0 spiro atoms. The Hall–Kier alpha value is -1.33. The Balaban J connectivity index is 2.68. The van der Waals surface area contributed by atoms with Gasteiger partial charge in [-0.2, -0.15) is 5.26 Å². The lowest BCUT2D eigenvalue weighted by Crippen LogP contribution is -2.17. The van der Waals surface area contributed by atoms with Crippen molar-refractivity contribution >= 4 is 0 Å². The summed E-state index contributed by atoms with van der Waals surface area (Å²) < 4.78 is 0. The van der Waals surface area contributed by atoms with Gasteiger partial charge in [0.1, 0.15) is 0 Å². The molecule has 0 saturated heterocycles. The Kier molecular flexibility index (Phi) is 5.18. The van der Waals surface area contributed by atoms with Gasteiger partial charge in [0.25, 0.3) is 0 Å². The third-order valence-electron chi connectivity index (χ3n) is 3.47. The van der Waals surface area contributed by atoms with E-state index in [4.69, 9.17) is 5.26 Å². The highest BCUT2D eigenvalue weighted by molar-refractivity contribution is 5.43. The van der Waals surface area contributed by atoms with E-state index in [1.165, 1.54) is 27.8 Å². The molecule has 0 unspecified atom stereocenters. The number of benzene rings is 1. The van der Waals surface area contributed by atoms with Crippen LogP contribution in [0.25, 0.3) is 0 Å². The summed E-state index contributed by atoms with van der Waals surface area (Å²) >= 11 is 0. The fourth-order valence-electron chi connectivity index (χ4n) is 2.07. The zero-order chi connectivity index (χ0) is 12.8. The topological polar surface area (TPSA) is 35.8 Å². The van der Waals surface area contributed by atoms with Crippen molar-refractivity contribution in [1.82, 2.24) is 5.32 Å². The highest BCUT2D eigenvalue weighted by Gasteiger charge is 2.07. The lowest BCUT2D eigenvalue weighted by molar-refractivity contribution is 0.653. The van der Waals surface area contributed by atoms with Crippen molar-refractivity contribution < 1.29 is 0 Å². The first kappa shape index (κ1) is 13.7. The molecule has 0 radical (unpaired) electrons. The van der Waals surface area contributed by atoms with E-state index in [9.17, 15) is 0 Å². The molecule has 0 amide bonds. The first-order valence-corrected chi connectivity index (χ1v) is 6.22. The first-order valence-electron chi connectivity index (χ1n) is 6.22. The number of nitrogens with zero attached hydrogens (tertiary/aromatic N) is 1. The second-order valence-corrected chi connectivity index (χ2v) is 4.68. The highest BCUT2D eigenvalue weighted by Crippen LogP contribution is 2.21. The van der Waals surface area contributed by atoms with Crippen molar-refractivity contribution in [2.24, 2.45) is 0 Å². The van der Waals surface area contributed by atoms with Crippen LogP contribution in [0.3, 0.4) is 0 Å². The molecule has 0 aliphatic rings. The maximum absolute atomic E-state index is 8.47. The van der Waals surface area contributed by atoms with Crippen LogP contribution in [-0.2, 0) is 6.54 Å². The molecule has 1 rings (SSSR count). The van der Waals surface area contributed by atoms with Crippen LogP contribution in [0.1, 0.15) is 40.7 Å². The van der Waals surface area contributed by atoms with Gasteiger partial charge in [-0.25, -0.2) is 0 Å². The molecular weight excluding hydrogens is 208 g/mol. The Morgan fingerprint density at radius 2 is 1.71 bits per heavy atom. The SMILES string of the molecule is Cc1cc(C)c(C)c(CNCCCC#N)c1C. The van der Waals surface area contributed by atoms with Crippen LogP contribution < -0.4 is 5.32 Å². The summed E-state index contributed by atoms with van der Waals surface area (Å²) in [7, 11) is 0. The summed E-state index contributed by atoms with van der Waals surface area (Å²) in [4.78, 5) is 0. The maximum Gasteiger partial charge on any atom is 0.0622 e. The van der Waals surface area contributed by atoms with E-state index in [2.05, 4.69) is 45.1 Å². The Bertz CT molecular complexity index is 401. The van der Waals surface area contributed by atoms with Gasteiger partial charge in [-0.05, 0) is 68.5 Å². The van der Waals surface area contributed by atoms with Gasteiger partial charge in [-0.3, -0.25) is 0 Å². The number of nitriles is 1. The zero-order valence-corrected chi connectivity index (χ0v) is 11.4. The minimum Gasteiger partial charge on any atom is -0.313 e. The Morgan fingerprint density at radius 3 is 2.24 bits per heavy atom. The molecular formula is C15H22N2. The average Bonchev–Trinajstić information content (AvgIpc) is 2.30. The first-order chi connectivity index (χ1) is 8.07. The largest absolute Gasteiger partial charge is 0.313 e. The van der Waals surface area contributed by atoms with Gasteiger partial charge in [0, 0.05) is 13.0 Å². The summed E-state index contributed by atoms with van der Waals surface area (Å²) in [6.07, 6.45) is 1.57. The van der Waals surface area contributed by atoms with Crippen molar-refractivity contribution in [3.05, 3.63) is 33.9 Å². The normalized spacial score (nSPS) is 10.3. The van der Waals surface area contributed by atoms with E-state index in [0.29, 0.717) is 6.42 Å². The van der Waals surface area contributed by atoms with Gasteiger partial charge in [-0.15, -0.1) is 0 Å². The van der Waals surface area contributed by atoms with E-state index in [-0.39, 0.29) is 0 Å². The third-order valence-corrected chi connectivity index (χ3v) is 3.47. The zero-order valence-electron chi connectivity index (χ0n) is 11.4. The molecule has 92 valence electrons. The number of unbranched alkanes of at least 4 members (excludes halogenated alkanes) is 1. The smallest absolute Gasteiger partial charge is 0.0622 e. The van der Waals surface area contributed by atoms with Crippen molar-refractivity contribution in [3.63, 3.8) is 0 Å². The molecule has 2 nitrogen and oxygen atoms in total. The van der Waals surface area contributed by atoms with Gasteiger partial charge in [0.2, 0.25) is 0 Å². The van der Waals surface area contributed by atoms with Gasteiger partial charge < -0.3 is 5.32 Å². The predicted octanol–water partition coefficient (Wildman–Crippen LogP) is 3.31. The molecule has 0 saturated carbocycles. The number of hydrogen-bond acceptors (Lipinski definition) is 2. The van der Waals surface area contributed by atoms with E-state index in [0.717, 1.165) is 19.5 Å². The van der Waals surface area contributed by atoms with Crippen molar-refractivity contribution in [1.29, 1.82) is 5.26 Å². The standard InChI is InChI=1S/C15H22N2/c1-11-9-12(2)14(4)15(13(11)3)10-17-8-6-5-7-16/h9,17H,5-6,8,10H2,1-4H3. The van der Waals surface area contributed by atoms with Crippen LogP contribution in [0.4, 0.5) is 0 Å². The monoisotopic (exact) mass is 230 g/mol. The molecule has 1 aromatic carbocycles. The van der Waals surface area contributed by atoms with Crippen molar-refractivity contribution in [3.8, 4) is 6.07 Å². The summed E-state index contributed by atoms with van der Waals surface area (Å²) in [5, 5.41) is 11.9. The van der Waals surface area contributed by atoms with Gasteiger partial charge in [0.05, 0.1) is 6.07 Å². The summed E-state index contributed by atoms with van der Waals surface area (Å²) in [5.41, 5.74) is 6.92. The van der Waals surface area contributed by atoms with Crippen LogP contribution >= 0.6 is 0 Å². The fourth-order valence-corrected chi connectivity index (χ4v) is 2.07.